The third-order valence-electron chi connectivity index (χ3n) is 1.55. The third kappa shape index (κ3) is 3.44. The number of rotatable bonds is 4. The van der Waals surface area contributed by atoms with Gasteiger partial charge < -0.3 is 15.1 Å². The van der Waals surface area contributed by atoms with E-state index in [0.717, 1.165) is 12.1 Å². The maximum atomic E-state index is 11.0. The van der Waals surface area contributed by atoms with E-state index in [1.807, 2.05) is 0 Å². The quantitative estimate of drug-likeness (QED) is 0.594. The van der Waals surface area contributed by atoms with Gasteiger partial charge in [-0.25, -0.2) is 4.79 Å². The van der Waals surface area contributed by atoms with Crippen LogP contribution in [0.3, 0.4) is 0 Å². The van der Waals surface area contributed by atoms with E-state index in [1.165, 1.54) is 0 Å². The monoisotopic (exact) mass is 251 g/mol. The number of aromatic nitrogens is 1. The van der Waals surface area contributed by atoms with E-state index in [4.69, 9.17) is 14.8 Å². The van der Waals surface area contributed by atoms with E-state index >= 15 is 0 Å². The Hall–Kier alpha value is -1.74. The van der Waals surface area contributed by atoms with Crippen molar-refractivity contribution in [2.75, 3.05) is 5.75 Å². The van der Waals surface area contributed by atoms with Gasteiger partial charge in [-0.2, -0.15) is 8.42 Å². The maximum Gasteiger partial charge on any atom is 0.334 e. The van der Waals surface area contributed by atoms with Crippen molar-refractivity contribution in [3.05, 3.63) is 12.1 Å². The van der Waals surface area contributed by atoms with Crippen LogP contribution in [-0.4, -0.2) is 39.6 Å². The SMILES string of the molecule is O=C(CCS(=O)(=O)O)On1c(O)ccc1O. The van der Waals surface area contributed by atoms with Gasteiger partial charge in [0.25, 0.3) is 10.1 Å². The molecule has 8 nitrogen and oxygen atoms in total. The average molecular weight is 251 g/mol. The number of hydrogen-bond donors (Lipinski definition) is 3. The lowest BCUT2D eigenvalue weighted by Gasteiger charge is -2.05. The topological polar surface area (TPSA) is 126 Å². The van der Waals surface area contributed by atoms with Crippen LogP contribution in [0.5, 0.6) is 11.8 Å². The summed E-state index contributed by atoms with van der Waals surface area (Å²) in [4.78, 5) is 15.4. The van der Waals surface area contributed by atoms with Crippen molar-refractivity contribution in [3.8, 4) is 11.8 Å². The Kier molecular flexibility index (Phi) is 3.40. The molecule has 0 unspecified atom stereocenters. The molecular formula is C7H9NO7S. The Bertz CT molecular complexity index is 469. The zero-order chi connectivity index (χ0) is 12.3. The Labute approximate surface area is 90.4 Å². The van der Waals surface area contributed by atoms with E-state index in [2.05, 4.69) is 4.84 Å². The molecule has 0 aliphatic heterocycles. The number of carbonyl (C=O) groups is 1. The van der Waals surface area contributed by atoms with Crippen LogP contribution < -0.4 is 4.84 Å². The van der Waals surface area contributed by atoms with Gasteiger partial charge in [0.1, 0.15) is 0 Å². The molecule has 0 radical (unpaired) electrons. The second-order valence-electron chi connectivity index (χ2n) is 2.84. The second kappa shape index (κ2) is 4.41. The van der Waals surface area contributed by atoms with Gasteiger partial charge in [0, 0.05) is 12.1 Å². The number of aromatic hydroxyl groups is 2. The van der Waals surface area contributed by atoms with Crippen molar-refractivity contribution in [2.24, 2.45) is 0 Å². The Morgan fingerprint density at radius 1 is 1.31 bits per heavy atom. The molecule has 16 heavy (non-hydrogen) atoms. The van der Waals surface area contributed by atoms with Gasteiger partial charge in [-0.1, -0.05) is 0 Å². The molecule has 0 saturated carbocycles. The first-order valence-electron chi connectivity index (χ1n) is 4.05. The second-order valence-corrected chi connectivity index (χ2v) is 4.42. The predicted molar refractivity (Wildman–Crippen MR) is 50.4 cm³/mol. The van der Waals surface area contributed by atoms with Crippen molar-refractivity contribution in [1.29, 1.82) is 0 Å². The Morgan fingerprint density at radius 2 is 1.81 bits per heavy atom. The van der Waals surface area contributed by atoms with Crippen LogP contribution in [0.2, 0.25) is 0 Å². The summed E-state index contributed by atoms with van der Waals surface area (Å²) in [5, 5.41) is 18.1. The fraction of sp³-hybridized carbons (Fsp3) is 0.286. The smallest absolute Gasteiger partial charge is 0.334 e. The molecule has 1 heterocycles. The molecule has 0 atom stereocenters. The third-order valence-corrected chi connectivity index (χ3v) is 2.27. The van der Waals surface area contributed by atoms with Crippen molar-refractivity contribution < 1.29 is 32.8 Å². The molecule has 90 valence electrons. The molecule has 0 bridgehead atoms. The van der Waals surface area contributed by atoms with Gasteiger partial charge in [0.2, 0.25) is 11.8 Å². The van der Waals surface area contributed by atoms with Gasteiger partial charge in [-0.05, 0) is 0 Å². The summed E-state index contributed by atoms with van der Waals surface area (Å²) in [6, 6.07) is 2.15. The maximum absolute atomic E-state index is 11.0. The Balaban J connectivity index is 2.59. The number of hydrogen-bond acceptors (Lipinski definition) is 6. The minimum Gasteiger partial charge on any atom is -0.492 e. The molecule has 0 fully saturated rings. The molecule has 0 aliphatic carbocycles. The molecule has 9 heteroatoms. The summed E-state index contributed by atoms with van der Waals surface area (Å²) in [5.74, 6) is -2.86. The summed E-state index contributed by atoms with van der Waals surface area (Å²) >= 11 is 0. The number of carbonyl (C=O) groups excluding carboxylic acids is 1. The Morgan fingerprint density at radius 3 is 2.25 bits per heavy atom. The van der Waals surface area contributed by atoms with Crippen molar-refractivity contribution in [1.82, 2.24) is 4.73 Å². The molecule has 1 rings (SSSR count). The van der Waals surface area contributed by atoms with Crippen LogP contribution in [0.15, 0.2) is 12.1 Å². The van der Waals surface area contributed by atoms with Crippen LogP contribution >= 0.6 is 0 Å². The van der Waals surface area contributed by atoms with E-state index in [1.54, 1.807) is 0 Å². The standard InChI is InChI=1S/C7H9NO7S/c9-5-1-2-6(10)8(5)15-7(11)3-4-16(12,13)14/h1-2,9-10H,3-4H2,(H,12,13,14). The molecular weight excluding hydrogens is 242 g/mol. The first-order chi connectivity index (χ1) is 7.29. The van der Waals surface area contributed by atoms with E-state index in [9.17, 15) is 13.2 Å². The zero-order valence-electron chi connectivity index (χ0n) is 7.90. The zero-order valence-corrected chi connectivity index (χ0v) is 8.72. The fourth-order valence-electron chi connectivity index (χ4n) is 0.855. The largest absolute Gasteiger partial charge is 0.492 e. The highest BCUT2D eigenvalue weighted by atomic mass is 32.2. The minimum absolute atomic E-state index is 0.423. The van der Waals surface area contributed by atoms with Gasteiger partial charge in [0.05, 0.1) is 12.2 Å². The molecule has 0 aromatic carbocycles. The van der Waals surface area contributed by atoms with E-state index in [-0.39, 0.29) is 0 Å². The highest BCUT2D eigenvalue weighted by Gasteiger charge is 2.15. The van der Waals surface area contributed by atoms with Crippen LogP contribution in [0.1, 0.15) is 6.42 Å². The molecule has 0 saturated heterocycles. The van der Waals surface area contributed by atoms with Gasteiger partial charge in [-0.3, -0.25) is 4.55 Å². The lowest BCUT2D eigenvalue weighted by atomic mass is 10.5. The van der Waals surface area contributed by atoms with Crippen molar-refractivity contribution in [3.63, 3.8) is 0 Å². The predicted octanol–water partition coefficient (Wildman–Crippen LogP) is -0.868. The van der Waals surface area contributed by atoms with Crippen LogP contribution in [-0.2, 0) is 14.9 Å². The summed E-state index contributed by atoms with van der Waals surface area (Å²) < 4.78 is 29.4. The van der Waals surface area contributed by atoms with Crippen LogP contribution in [0, 0.1) is 0 Å². The summed E-state index contributed by atoms with van der Waals surface area (Å²) in [7, 11) is -4.25. The van der Waals surface area contributed by atoms with Crippen LogP contribution in [0.25, 0.3) is 0 Å². The van der Waals surface area contributed by atoms with Crippen molar-refractivity contribution in [2.45, 2.75) is 6.42 Å². The van der Waals surface area contributed by atoms with Gasteiger partial charge in [-0.15, -0.1) is 4.73 Å². The lowest BCUT2D eigenvalue weighted by molar-refractivity contribution is -0.145. The molecule has 0 amide bonds. The molecule has 1 aromatic heterocycles. The highest BCUT2D eigenvalue weighted by molar-refractivity contribution is 7.85. The minimum atomic E-state index is -4.25. The summed E-state index contributed by atoms with van der Waals surface area (Å²) in [6.45, 7) is 0. The number of nitrogens with zero attached hydrogens (tertiary/aromatic N) is 1. The molecule has 0 aliphatic rings. The molecule has 0 spiro atoms. The molecule has 3 N–H and O–H groups in total. The van der Waals surface area contributed by atoms with E-state index in [0.29, 0.717) is 4.73 Å². The van der Waals surface area contributed by atoms with Gasteiger partial charge in [0.15, 0.2) is 0 Å². The lowest BCUT2D eigenvalue weighted by Crippen LogP contribution is -2.21. The molecule has 1 aromatic rings. The fourth-order valence-corrected chi connectivity index (χ4v) is 1.28. The highest BCUT2D eigenvalue weighted by Crippen LogP contribution is 2.18. The normalized spacial score (nSPS) is 11.3. The first kappa shape index (κ1) is 12.3. The summed E-state index contributed by atoms with van der Waals surface area (Å²) in [6.07, 6.45) is -0.601. The average Bonchev–Trinajstić information content (AvgIpc) is 2.45. The van der Waals surface area contributed by atoms with Crippen LogP contribution in [0.4, 0.5) is 0 Å². The summed E-state index contributed by atoms with van der Waals surface area (Å²) in [5.41, 5.74) is 0. The van der Waals surface area contributed by atoms with Gasteiger partial charge >= 0.3 is 5.97 Å². The van der Waals surface area contributed by atoms with Crippen molar-refractivity contribution >= 4 is 16.1 Å². The van der Waals surface area contributed by atoms with E-state index < -0.39 is 40.0 Å². The first-order valence-corrected chi connectivity index (χ1v) is 5.66.